The Hall–Kier alpha value is -2.09. The molecule has 2 heterocycles. The highest BCUT2D eigenvalue weighted by molar-refractivity contribution is 7.14. The summed E-state index contributed by atoms with van der Waals surface area (Å²) in [6.07, 6.45) is 2.19. The molecule has 0 fully saturated rings. The van der Waals surface area contributed by atoms with Crippen molar-refractivity contribution < 1.29 is 9.59 Å². The third-order valence-electron chi connectivity index (χ3n) is 2.47. The van der Waals surface area contributed by atoms with Gasteiger partial charge in [0.15, 0.2) is 11.4 Å². The minimum Gasteiger partial charge on any atom is -0.296 e. The predicted octanol–water partition coefficient (Wildman–Crippen LogP) is 0.968. The van der Waals surface area contributed by atoms with Crippen LogP contribution < -0.4 is 4.90 Å². The van der Waals surface area contributed by atoms with Crippen LogP contribution >= 0.6 is 11.3 Å². The Kier molecular flexibility index (Phi) is 4.00. The van der Waals surface area contributed by atoms with Crippen LogP contribution in [0.1, 0.15) is 30.0 Å². The zero-order valence-corrected chi connectivity index (χ0v) is 11.4. The fraction of sp³-hybridized carbons (Fsp3) is 0.364. The molecule has 2 aromatic heterocycles. The van der Waals surface area contributed by atoms with Crippen molar-refractivity contribution in [3.05, 3.63) is 23.0 Å². The van der Waals surface area contributed by atoms with E-state index < -0.39 is 0 Å². The van der Waals surface area contributed by atoms with Gasteiger partial charge in [-0.15, -0.1) is 16.4 Å². The topological polar surface area (TPSA) is 81.0 Å². The summed E-state index contributed by atoms with van der Waals surface area (Å²) in [6.45, 7) is 4.42. The normalized spacial score (nSPS) is 10.4. The summed E-state index contributed by atoms with van der Waals surface area (Å²) >= 11 is 1.41. The van der Waals surface area contributed by atoms with Gasteiger partial charge >= 0.3 is 0 Å². The summed E-state index contributed by atoms with van der Waals surface area (Å²) < 4.78 is 1.53. The lowest BCUT2D eigenvalue weighted by molar-refractivity contribution is -0.116. The highest BCUT2D eigenvalue weighted by Gasteiger charge is 2.13. The summed E-state index contributed by atoms with van der Waals surface area (Å²) in [5, 5.41) is 10.0. The standard InChI is InChI=1S/C11H13N5O2S/c1-3-16(8(2)18)11-12-10(7-19-11)5-15-4-9(6-17)13-14-15/h4,6-7H,3,5H2,1-2H3. The number of anilines is 1. The van der Waals surface area contributed by atoms with E-state index in [2.05, 4.69) is 15.3 Å². The van der Waals surface area contributed by atoms with E-state index in [0.29, 0.717) is 24.5 Å². The van der Waals surface area contributed by atoms with Crippen LogP contribution in [-0.2, 0) is 11.3 Å². The Labute approximate surface area is 113 Å². The molecule has 2 aromatic rings. The van der Waals surface area contributed by atoms with Crippen molar-refractivity contribution in [2.75, 3.05) is 11.4 Å². The molecule has 100 valence electrons. The van der Waals surface area contributed by atoms with Crippen LogP contribution in [0.4, 0.5) is 5.13 Å². The lowest BCUT2D eigenvalue weighted by atomic mass is 10.5. The van der Waals surface area contributed by atoms with Gasteiger partial charge in [-0.3, -0.25) is 14.5 Å². The molecule has 0 unspecified atom stereocenters. The Balaban J connectivity index is 2.12. The zero-order chi connectivity index (χ0) is 13.8. The van der Waals surface area contributed by atoms with Gasteiger partial charge in [0.1, 0.15) is 5.69 Å². The molecule has 0 atom stereocenters. The molecule has 0 radical (unpaired) electrons. The minimum atomic E-state index is -0.0348. The largest absolute Gasteiger partial charge is 0.296 e. The van der Waals surface area contributed by atoms with Crippen molar-refractivity contribution >= 4 is 28.7 Å². The zero-order valence-electron chi connectivity index (χ0n) is 10.6. The molecule has 2 rings (SSSR count). The average molecular weight is 279 g/mol. The van der Waals surface area contributed by atoms with Crippen molar-refractivity contribution in [3.63, 3.8) is 0 Å². The second-order valence-corrected chi connectivity index (χ2v) is 4.68. The fourth-order valence-electron chi connectivity index (χ4n) is 1.60. The molecular weight excluding hydrogens is 266 g/mol. The number of aromatic nitrogens is 4. The van der Waals surface area contributed by atoms with E-state index in [1.54, 1.807) is 11.1 Å². The second-order valence-electron chi connectivity index (χ2n) is 3.84. The number of carbonyl (C=O) groups is 2. The minimum absolute atomic E-state index is 0.0348. The maximum atomic E-state index is 11.4. The van der Waals surface area contributed by atoms with E-state index >= 15 is 0 Å². The molecule has 0 aliphatic heterocycles. The number of rotatable bonds is 5. The van der Waals surface area contributed by atoms with Crippen molar-refractivity contribution in [2.24, 2.45) is 0 Å². The van der Waals surface area contributed by atoms with Gasteiger partial charge in [0, 0.05) is 18.8 Å². The van der Waals surface area contributed by atoms with Crippen LogP contribution in [-0.4, -0.2) is 38.7 Å². The van der Waals surface area contributed by atoms with E-state index in [1.165, 1.54) is 22.9 Å². The first kappa shape index (κ1) is 13.3. The van der Waals surface area contributed by atoms with Gasteiger partial charge in [-0.25, -0.2) is 9.67 Å². The van der Waals surface area contributed by atoms with Crippen LogP contribution in [0.2, 0.25) is 0 Å². The molecule has 0 saturated carbocycles. The molecule has 8 heteroatoms. The first-order valence-corrected chi connectivity index (χ1v) is 6.59. The quantitative estimate of drug-likeness (QED) is 0.762. The molecule has 0 bridgehead atoms. The molecule has 1 amide bonds. The monoisotopic (exact) mass is 279 g/mol. The van der Waals surface area contributed by atoms with Gasteiger partial charge in [0.05, 0.1) is 18.4 Å². The number of thiazole rings is 1. The Morgan fingerprint density at radius 3 is 2.95 bits per heavy atom. The van der Waals surface area contributed by atoms with E-state index in [-0.39, 0.29) is 11.6 Å². The third-order valence-corrected chi connectivity index (χ3v) is 3.38. The van der Waals surface area contributed by atoms with Crippen LogP contribution in [0, 0.1) is 0 Å². The molecule has 0 aliphatic carbocycles. The highest BCUT2D eigenvalue weighted by Crippen LogP contribution is 2.20. The lowest BCUT2D eigenvalue weighted by Crippen LogP contribution is -2.27. The Morgan fingerprint density at radius 1 is 1.58 bits per heavy atom. The Bertz CT molecular complexity index is 591. The maximum Gasteiger partial charge on any atom is 0.225 e. The number of carbonyl (C=O) groups excluding carboxylic acids is 2. The smallest absolute Gasteiger partial charge is 0.225 e. The van der Waals surface area contributed by atoms with Gasteiger partial charge < -0.3 is 0 Å². The summed E-state index contributed by atoms with van der Waals surface area (Å²) in [6, 6.07) is 0. The SMILES string of the molecule is CCN(C(C)=O)c1nc(Cn2cc(C=O)nn2)cs1. The number of amides is 1. The number of nitrogens with zero attached hydrogens (tertiary/aromatic N) is 5. The van der Waals surface area contributed by atoms with Crippen LogP contribution in [0.15, 0.2) is 11.6 Å². The summed E-state index contributed by atoms with van der Waals surface area (Å²) in [5.74, 6) is -0.0348. The highest BCUT2D eigenvalue weighted by atomic mass is 32.1. The van der Waals surface area contributed by atoms with Crippen LogP contribution in [0.3, 0.4) is 0 Å². The summed E-state index contributed by atoms with van der Waals surface area (Å²) in [7, 11) is 0. The van der Waals surface area contributed by atoms with Gasteiger partial charge in [-0.05, 0) is 6.92 Å². The van der Waals surface area contributed by atoms with Gasteiger partial charge in [0.2, 0.25) is 5.91 Å². The van der Waals surface area contributed by atoms with E-state index in [4.69, 9.17) is 0 Å². The van der Waals surface area contributed by atoms with E-state index in [9.17, 15) is 9.59 Å². The predicted molar refractivity (Wildman–Crippen MR) is 70.3 cm³/mol. The lowest BCUT2D eigenvalue weighted by Gasteiger charge is -2.14. The second kappa shape index (κ2) is 5.70. The molecule has 0 spiro atoms. The molecule has 0 saturated heterocycles. The van der Waals surface area contributed by atoms with E-state index in [1.807, 2.05) is 12.3 Å². The average Bonchev–Trinajstić information content (AvgIpc) is 3.00. The number of hydrogen-bond donors (Lipinski definition) is 0. The van der Waals surface area contributed by atoms with Crippen molar-refractivity contribution in [1.82, 2.24) is 20.0 Å². The van der Waals surface area contributed by atoms with Crippen LogP contribution in [0.5, 0.6) is 0 Å². The van der Waals surface area contributed by atoms with Gasteiger partial charge in [-0.1, -0.05) is 5.21 Å². The Morgan fingerprint density at radius 2 is 2.37 bits per heavy atom. The molecular formula is C11H13N5O2S. The van der Waals surface area contributed by atoms with Gasteiger partial charge in [-0.2, -0.15) is 0 Å². The maximum absolute atomic E-state index is 11.4. The molecule has 0 aliphatic rings. The molecule has 0 N–H and O–H groups in total. The fourth-order valence-corrected chi connectivity index (χ4v) is 2.52. The summed E-state index contributed by atoms with van der Waals surface area (Å²) in [5.41, 5.74) is 1.07. The molecule has 19 heavy (non-hydrogen) atoms. The van der Waals surface area contributed by atoms with Crippen molar-refractivity contribution in [1.29, 1.82) is 0 Å². The molecule has 7 nitrogen and oxygen atoms in total. The third kappa shape index (κ3) is 3.02. The van der Waals surface area contributed by atoms with Crippen LogP contribution in [0.25, 0.3) is 0 Å². The first-order valence-electron chi connectivity index (χ1n) is 5.72. The van der Waals surface area contributed by atoms with Crippen molar-refractivity contribution in [3.8, 4) is 0 Å². The van der Waals surface area contributed by atoms with Crippen molar-refractivity contribution in [2.45, 2.75) is 20.4 Å². The number of hydrogen-bond acceptors (Lipinski definition) is 6. The molecule has 0 aromatic carbocycles. The van der Waals surface area contributed by atoms with E-state index in [0.717, 1.165) is 5.69 Å². The summed E-state index contributed by atoms with van der Waals surface area (Å²) in [4.78, 5) is 27.9. The first-order chi connectivity index (χ1) is 9.13. The number of aldehydes is 1. The van der Waals surface area contributed by atoms with Gasteiger partial charge in [0.25, 0.3) is 0 Å².